The van der Waals surface area contributed by atoms with E-state index in [9.17, 15) is 4.79 Å². The zero-order valence-electron chi connectivity index (χ0n) is 13.8. The molecule has 0 aliphatic carbocycles. The third kappa shape index (κ3) is 3.87. The fourth-order valence-corrected chi connectivity index (χ4v) is 3.74. The first-order chi connectivity index (χ1) is 10.6. The zero-order valence-corrected chi connectivity index (χ0v) is 14.6. The topological polar surface area (TPSA) is 47.6 Å². The van der Waals surface area contributed by atoms with Gasteiger partial charge in [-0.2, -0.15) is 0 Å². The Morgan fingerprint density at radius 3 is 2.39 bits per heavy atom. The quantitative estimate of drug-likeness (QED) is 0.838. The van der Waals surface area contributed by atoms with E-state index in [1.54, 1.807) is 7.11 Å². The Morgan fingerprint density at radius 2 is 1.83 bits per heavy atom. The lowest BCUT2D eigenvalue weighted by Gasteiger charge is -2.33. The SMILES string of the molecule is COCC(C)(C(=O)OC1C[C@H]2CC[C@@H](C1)N2)c1ccccc1.Cl. The lowest BCUT2D eigenvalue weighted by atomic mass is 9.83. The van der Waals surface area contributed by atoms with Gasteiger partial charge in [-0.1, -0.05) is 30.3 Å². The van der Waals surface area contributed by atoms with Crippen molar-refractivity contribution >= 4 is 18.4 Å². The molecule has 2 fully saturated rings. The van der Waals surface area contributed by atoms with E-state index in [4.69, 9.17) is 9.47 Å². The normalized spacial score (nSPS) is 28.5. The molecule has 4 nitrogen and oxygen atoms in total. The van der Waals surface area contributed by atoms with E-state index in [2.05, 4.69) is 5.32 Å². The second kappa shape index (κ2) is 7.65. The number of rotatable bonds is 5. The van der Waals surface area contributed by atoms with E-state index in [0.29, 0.717) is 18.7 Å². The molecule has 128 valence electrons. The molecule has 0 aromatic heterocycles. The number of hydrogen-bond donors (Lipinski definition) is 1. The first-order valence-corrected chi connectivity index (χ1v) is 8.13. The average molecular weight is 340 g/mol. The van der Waals surface area contributed by atoms with Crippen LogP contribution in [0, 0.1) is 0 Å². The minimum Gasteiger partial charge on any atom is -0.462 e. The van der Waals surface area contributed by atoms with Crippen LogP contribution in [-0.4, -0.2) is 37.9 Å². The van der Waals surface area contributed by atoms with Crippen molar-refractivity contribution in [2.45, 2.75) is 56.2 Å². The van der Waals surface area contributed by atoms with Crippen LogP contribution in [0.4, 0.5) is 0 Å². The number of benzene rings is 1. The predicted octanol–water partition coefficient (Wildman–Crippen LogP) is 2.84. The molecule has 2 heterocycles. The van der Waals surface area contributed by atoms with Crippen LogP contribution in [0.3, 0.4) is 0 Å². The summed E-state index contributed by atoms with van der Waals surface area (Å²) in [4.78, 5) is 12.8. The Kier molecular flexibility index (Phi) is 6.06. The van der Waals surface area contributed by atoms with Gasteiger partial charge in [-0.05, 0) is 38.2 Å². The number of carbonyl (C=O) groups excluding carboxylic acids is 1. The van der Waals surface area contributed by atoms with Crippen LogP contribution in [0.5, 0.6) is 0 Å². The predicted molar refractivity (Wildman–Crippen MR) is 92.0 cm³/mol. The molecule has 0 spiro atoms. The van der Waals surface area contributed by atoms with Crippen LogP contribution in [-0.2, 0) is 19.7 Å². The van der Waals surface area contributed by atoms with E-state index in [0.717, 1.165) is 18.4 Å². The van der Waals surface area contributed by atoms with Gasteiger partial charge in [-0.15, -0.1) is 12.4 Å². The maximum atomic E-state index is 12.8. The maximum Gasteiger partial charge on any atom is 0.318 e. The van der Waals surface area contributed by atoms with Crippen molar-refractivity contribution in [3.8, 4) is 0 Å². The second-order valence-electron chi connectivity index (χ2n) is 6.77. The van der Waals surface area contributed by atoms with Crippen molar-refractivity contribution in [2.24, 2.45) is 0 Å². The van der Waals surface area contributed by atoms with Crippen LogP contribution < -0.4 is 5.32 Å². The smallest absolute Gasteiger partial charge is 0.318 e. The van der Waals surface area contributed by atoms with Gasteiger partial charge in [0, 0.05) is 19.2 Å². The Morgan fingerprint density at radius 1 is 1.22 bits per heavy atom. The molecule has 2 aliphatic rings. The average Bonchev–Trinajstić information content (AvgIpc) is 2.87. The summed E-state index contributed by atoms with van der Waals surface area (Å²) >= 11 is 0. The van der Waals surface area contributed by atoms with Gasteiger partial charge in [0.25, 0.3) is 0 Å². The van der Waals surface area contributed by atoms with Gasteiger partial charge in [0.2, 0.25) is 0 Å². The molecular formula is C18H26ClNO3. The van der Waals surface area contributed by atoms with E-state index in [1.807, 2.05) is 37.3 Å². The molecule has 0 radical (unpaired) electrons. The lowest BCUT2D eigenvalue weighted by molar-refractivity contribution is -0.159. The molecule has 0 amide bonds. The van der Waals surface area contributed by atoms with Crippen molar-refractivity contribution in [1.82, 2.24) is 5.32 Å². The zero-order chi connectivity index (χ0) is 15.6. The highest BCUT2D eigenvalue weighted by Gasteiger charge is 2.41. The van der Waals surface area contributed by atoms with Gasteiger partial charge in [0.05, 0.1) is 6.61 Å². The summed E-state index contributed by atoms with van der Waals surface area (Å²) in [6.07, 6.45) is 4.30. The molecule has 4 atom stereocenters. The van der Waals surface area contributed by atoms with Gasteiger partial charge in [-0.25, -0.2) is 0 Å². The minimum atomic E-state index is -0.750. The Bertz CT molecular complexity index is 512. The van der Waals surface area contributed by atoms with Crippen LogP contribution >= 0.6 is 12.4 Å². The highest BCUT2D eigenvalue weighted by Crippen LogP contribution is 2.32. The summed E-state index contributed by atoms with van der Waals surface area (Å²) in [6, 6.07) is 10.8. The van der Waals surface area contributed by atoms with Gasteiger partial charge < -0.3 is 14.8 Å². The summed E-state index contributed by atoms with van der Waals surface area (Å²) in [5.41, 5.74) is 0.193. The molecule has 2 aliphatic heterocycles. The molecule has 2 unspecified atom stereocenters. The number of nitrogens with one attached hydrogen (secondary N) is 1. The fourth-order valence-electron chi connectivity index (χ4n) is 3.74. The van der Waals surface area contributed by atoms with E-state index in [-0.39, 0.29) is 24.5 Å². The van der Waals surface area contributed by atoms with Gasteiger partial charge in [0.15, 0.2) is 0 Å². The van der Waals surface area contributed by atoms with Crippen molar-refractivity contribution in [1.29, 1.82) is 0 Å². The summed E-state index contributed by atoms with van der Waals surface area (Å²) in [5, 5.41) is 3.57. The second-order valence-corrected chi connectivity index (χ2v) is 6.77. The highest BCUT2D eigenvalue weighted by molar-refractivity contribution is 5.85. The lowest BCUT2D eigenvalue weighted by Crippen LogP contribution is -2.46. The number of hydrogen-bond acceptors (Lipinski definition) is 4. The molecule has 23 heavy (non-hydrogen) atoms. The summed E-state index contributed by atoms with van der Waals surface area (Å²) in [7, 11) is 1.62. The molecule has 1 N–H and O–H groups in total. The molecule has 3 rings (SSSR count). The maximum absolute atomic E-state index is 12.8. The molecule has 5 heteroatoms. The minimum absolute atomic E-state index is 0. The van der Waals surface area contributed by atoms with Crippen LogP contribution in [0.25, 0.3) is 0 Å². The van der Waals surface area contributed by atoms with Crippen LogP contribution in [0.1, 0.15) is 38.2 Å². The van der Waals surface area contributed by atoms with E-state index < -0.39 is 5.41 Å². The number of carbonyl (C=O) groups is 1. The van der Waals surface area contributed by atoms with E-state index in [1.165, 1.54) is 12.8 Å². The number of ether oxygens (including phenoxy) is 2. The Labute approximate surface area is 144 Å². The van der Waals surface area contributed by atoms with Crippen molar-refractivity contribution < 1.29 is 14.3 Å². The number of esters is 1. The number of halogens is 1. The van der Waals surface area contributed by atoms with Crippen molar-refractivity contribution in [3.05, 3.63) is 35.9 Å². The number of fused-ring (bicyclic) bond motifs is 2. The Balaban J connectivity index is 0.00000192. The van der Waals surface area contributed by atoms with Crippen molar-refractivity contribution in [3.63, 3.8) is 0 Å². The summed E-state index contributed by atoms with van der Waals surface area (Å²) in [5.74, 6) is -0.174. The van der Waals surface area contributed by atoms with Gasteiger partial charge in [0.1, 0.15) is 11.5 Å². The molecular weight excluding hydrogens is 314 g/mol. The fraction of sp³-hybridized carbons (Fsp3) is 0.611. The monoisotopic (exact) mass is 339 g/mol. The van der Waals surface area contributed by atoms with Gasteiger partial charge >= 0.3 is 5.97 Å². The molecule has 2 bridgehead atoms. The molecule has 1 aromatic rings. The molecule has 1 aromatic carbocycles. The summed E-state index contributed by atoms with van der Waals surface area (Å²) < 4.78 is 11.2. The highest BCUT2D eigenvalue weighted by atomic mass is 35.5. The van der Waals surface area contributed by atoms with Crippen LogP contribution in [0.2, 0.25) is 0 Å². The number of methoxy groups -OCH3 is 1. The third-order valence-electron chi connectivity index (χ3n) is 5.00. The molecule has 2 saturated heterocycles. The first kappa shape index (κ1) is 18.2. The number of piperidine rings is 1. The third-order valence-corrected chi connectivity index (χ3v) is 5.00. The standard InChI is InChI=1S/C18H25NO3.ClH/c1-18(12-21-2,13-6-4-3-5-7-13)17(20)22-16-10-14-8-9-15(11-16)19-14;/h3-7,14-16,19H,8-12H2,1-2H3;1H/t14-,15+,16?,18?;. The Hall–Kier alpha value is -1.10. The van der Waals surface area contributed by atoms with Crippen LogP contribution in [0.15, 0.2) is 30.3 Å². The summed E-state index contributed by atoms with van der Waals surface area (Å²) in [6.45, 7) is 2.23. The first-order valence-electron chi connectivity index (χ1n) is 8.13. The largest absolute Gasteiger partial charge is 0.462 e. The molecule has 0 saturated carbocycles. The van der Waals surface area contributed by atoms with E-state index >= 15 is 0 Å². The van der Waals surface area contributed by atoms with Crippen molar-refractivity contribution in [2.75, 3.05) is 13.7 Å². The van der Waals surface area contributed by atoms with Gasteiger partial charge in [-0.3, -0.25) is 4.79 Å².